The summed E-state index contributed by atoms with van der Waals surface area (Å²) in [6.45, 7) is 0. The molecule has 0 amide bonds. The van der Waals surface area contributed by atoms with Crippen molar-refractivity contribution < 1.29 is 4.79 Å². The van der Waals surface area contributed by atoms with Gasteiger partial charge in [0.25, 0.3) is 0 Å². The van der Waals surface area contributed by atoms with Crippen LogP contribution in [0.25, 0.3) is 0 Å². The molecular formula is C10H12O. The van der Waals surface area contributed by atoms with E-state index in [1.807, 2.05) is 0 Å². The third kappa shape index (κ3) is 0.344. The van der Waals surface area contributed by atoms with Crippen LogP contribution in [0.5, 0.6) is 0 Å². The molecule has 0 aromatic heterocycles. The minimum atomic E-state index is 0.550. The molecule has 1 nitrogen and oxygen atoms in total. The molecule has 1 heteroatoms. The van der Waals surface area contributed by atoms with Crippen LogP contribution in [-0.4, -0.2) is 5.78 Å². The highest BCUT2D eigenvalue weighted by atomic mass is 16.1. The Morgan fingerprint density at radius 1 is 1.09 bits per heavy atom. The van der Waals surface area contributed by atoms with Gasteiger partial charge in [-0.2, -0.15) is 0 Å². The Hall–Kier alpha value is -0.330. The maximum Gasteiger partial charge on any atom is 0.139 e. The maximum absolute atomic E-state index is 11.6. The van der Waals surface area contributed by atoms with Crippen LogP contribution in [0.2, 0.25) is 0 Å². The van der Waals surface area contributed by atoms with Crippen LogP contribution in [0.4, 0.5) is 0 Å². The molecule has 0 N–H and O–H groups in total. The summed E-state index contributed by atoms with van der Waals surface area (Å²) in [5, 5.41) is 0. The Balaban J connectivity index is 1.94. The minimum absolute atomic E-state index is 0.550. The van der Waals surface area contributed by atoms with Crippen molar-refractivity contribution in [2.45, 2.75) is 19.3 Å². The average molecular weight is 148 g/mol. The van der Waals surface area contributed by atoms with E-state index in [9.17, 15) is 4.79 Å². The standard InChI is InChI=1S/C10H12O/c11-10-7-3-6-4-1-2-5(7)8(4)9(6)10/h4-9H,1-3H2/t4-,5-,6+,7-,8+,9-/m0/s1. The summed E-state index contributed by atoms with van der Waals surface area (Å²) in [7, 11) is 0. The first kappa shape index (κ1) is 5.34. The van der Waals surface area contributed by atoms with Gasteiger partial charge in [-0.05, 0) is 42.9 Å². The second kappa shape index (κ2) is 1.30. The van der Waals surface area contributed by atoms with Gasteiger partial charge in [-0.15, -0.1) is 0 Å². The van der Waals surface area contributed by atoms with Gasteiger partial charge in [0.1, 0.15) is 5.78 Å². The van der Waals surface area contributed by atoms with Crippen molar-refractivity contribution in [3.8, 4) is 0 Å². The summed E-state index contributed by atoms with van der Waals surface area (Å²) < 4.78 is 0. The lowest BCUT2D eigenvalue weighted by Gasteiger charge is -2.47. The zero-order chi connectivity index (χ0) is 7.16. The van der Waals surface area contributed by atoms with E-state index < -0.39 is 0 Å². The molecule has 0 aromatic rings. The fourth-order valence-corrected chi connectivity index (χ4v) is 4.76. The molecule has 0 radical (unpaired) electrons. The molecule has 0 saturated heterocycles. The quantitative estimate of drug-likeness (QED) is 0.508. The summed E-state index contributed by atoms with van der Waals surface area (Å²) in [6.07, 6.45) is 4.13. The van der Waals surface area contributed by atoms with Gasteiger partial charge in [-0.1, -0.05) is 0 Å². The number of fused-ring (bicyclic) bond motifs is 3. The van der Waals surface area contributed by atoms with Gasteiger partial charge < -0.3 is 0 Å². The summed E-state index contributed by atoms with van der Waals surface area (Å²) >= 11 is 0. The van der Waals surface area contributed by atoms with Crippen LogP contribution in [0.15, 0.2) is 0 Å². The second-order valence-electron chi connectivity index (χ2n) is 4.92. The molecule has 11 heavy (non-hydrogen) atoms. The van der Waals surface area contributed by atoms with Gasteiger partial charge in [-0.3, -0.25) is 4.79 Å². The van der Waals surface area contributed by atoms with Gasteiger partial charge in [-0.25, -0.2) is 0 Å². The van der Waals surface area contributed by atoms with E-state index in [1.54, 1.807) is 0 Å². The second-order valence-corrected chi connectivity index (χ2v) is 4.92. The van der Waals surface area contributed by atoms with Crippen LogP contribution < -0.4 is 0 Å². The molecule has 4 aliphatic carbocycles. The molecule has 4 rings (SSSR count). The monoisotopic (exact) mass is 148 g/mol. The van der Waals surface area contributed by atoms with Crippen molar-refractivity contribution in [1.82, 2.24) is 0 Å². The summed E-state index contributed by atoms with van der Waals surface area (Å²) in [4.78, 5) is 11.6. The van der Waals surface area contributed by atoms with Crippen LogP contribution in [0.1, 0.15) is 19.3 Å². The first-order valence-electron chi connectivity index (χ1n) is 4.91. The SMILES string of the molecule is O=C1[C@H]2[C@@H]3C[C@H]1[C@@H]1CC[C@@H]3[C@H]12. The molecule has 4 aliphatic rings. The lowest BCUT2D eigenvalue weighted by molar-refractivity contribution is -0.125. The average Bonchev–Trinajstić information content (AvgIpc) is 2.45. The first-order valence-corrected chi connectivity index (χ1v) is 4.91. The van der Waals surface area contributed by atoms with Crippen molar-refractivity contribution in [3.05, 3.63) is 0 Å². The summed E-state index contributed by atoms with van der Waals surface area (Å²) in [5.41, 5.74) is 0. The van der Waals surface area contributed by atoms with E-state index in [2.05, 4.69) is 0 Å². The number of rotatable bonds is 0. The number of ketones is 1. The lowest BCUT2D eigenvalue weighted by atomic mass is 9.56. The fourth-order valence-electron chi connectivity index (χ4n) is 4.76. The molecular weight excluding hydrogens is 136 g/mol. The van der Waals surface area contributed by atoms with Crippen LogP contribution in [0.3, 0.4) is 0 Å². The van der Waals surface area contributed by atoms with Crippen LogP contribution in [-0.2, 0) is 4.79 Å². The van der Waals surface area contributed by atoms with Crippen molar-refractivity contribution in [2.24, 2.45) is 35.5 Å². The van der Waals surface area contributed by atoms with E-state index in [0.29, 0.717) is 17.6 Å². The van der Waals surface area contributed by atoms with Crippen molar-refractivity contribution in [2.75, 3.05) is 0 Å². The highest BCUT2D eigenvalue weighted by molar-refractivity contribution is 5.90. The molecule has 58 valence electrons. The highest BCUT2D eigenvalue weighted by Gasteiger charge is 2.72. The van der Waals surface area contributed by atoms with Crippen molar-refractivity contribution in [1.29, 1.82) is 0 Å². The van der Waals surface area contributed by atoms with Crippen LogP contribution in [0, 0.1) is 35.5 Å². The molecule has 0 heterocycles. The van der Waals surface area contributed by atoms with E-state index in [-0.39, 0.29) is 0 Å². The van der Waals surface area contributed by atoms with Gasteiger partial charge >= 0.3 is 0 Å². The van der Waals surface area contributed by atoms with Crippen LogP contribution >= 0.6 is 0 Å². The molecule has 0 aromatic carbocycles. The van der Waals surface area contributed by atoms with Gasteiger partial charge in [0.05, 0.1) is 0 Å². The Labute approximate surface area is 66.2 Å². The van der Waals surface area contributed by atoms with E-state index in [4.69, 9.17) is 0 Å². The topological polar surface area (TPSA) is 17.1 Å². The number of hydrogen-bond acceptors (Lipinski definition) is 1. The highest BCUT2D eigenvalue weighted by Crippen LogP contribution is 2.72. The molecule has 4 fully saturated rings. The van der Waals surface area contributed by atoms with Crippen molar-refractivity contribution in [3.63, 3.8) is 0 Å². The summed E-state index contributed by atoms with van der Waals surface area (Å²) in [6, 6.07) is 0. The fraction of sp³-hybridized carbons (Fsp3) is 0.900. The number of carbonyl (C=O) groups is 1. The molecule has 0 spiro atoms. The first-order chi connectivity index (χ1) is 5.38. The molecule has 4 saturated carbocycles. The normalized spacial score (nSPS) is 68.9. The Bertz CT molecular complexity index is 250. The number of hydrogen-bond donors (Lipinski definition) is 0. The molecule has 2 bridgehead atoms. The molecule has 0 aliphatic heterocycles. The number of carbonyl (C=O) groups excluding carboxylic acids is 1. The zero-order valence-corrected chi connectivity index (χ0v) is 6.49. The van der Waals surface area contributed by atoms with E-state index in [1.165, 1.54) is 19.3 Å². The molecule has 6 atom stereocenters. The minimum Gasteiger partial charge on any atom is -0.299 e. The molecule has 0 unspecified atom stereocenters. The largest absolute Gasteiger partial charge is 0.299 e. The predicted molar refractivity (Wildman–Crippen MR) is 39.8 cm³/mol. The van der Waals surface area contributed by atoms with Gasteiger partial charge in [0.2, 0.25) is 0 Å². The zero-order valence-electron chi connectivity index (χ0n) is 6.49. The summed E-state index contributed by atoms with van der Waals surface area (Å²) in [5.74, 6) is 5.44. The smallest absolute Gasteiger partial charge is 0.139 e. The van der Waals surface area contributed by atoms with Gasteiger partial charge in [0, 0.05) is 11.8 Å². The lowest BCUT2D eigenvalue weighted by Crippen LogP contribution is -2.44. The third-order valence-corrected chi connectivity index (χ3v) is 4.98. The maximum atomic E-state index is 11.6. The predicted octanol–water partition coefficient (Wildman–Crippen LogP) is 1.48. The Kier molecular flexibility index (Phi) is 0.630. The Morgan fingerprint density at radius 3 is 2.64 bits per heavy atom. The van der Waals surface area contributed by atoms with Gasteiger partial charge in [0.15, 0.2) is 0 Å². The van der Waals surface area contributed by atoms with E-state index >= 15 is 0 Å². The third-order valence-electron chi connectivity index (χ3n) is 4.98. The number of Topliss-reactive ketones (excluding diaryl/α,β-unsaturated/α-hetero) is 1. The van der Waals surface area contributed by atoms with Crippen molar-refractivity contribution >= 4 is 5.78 Å². The van der Waals surface area contributed by atoms with E-state index in [0.717, 1.165) is 23.7 Å². The Morgan fingerprint density at radius 2 is 1.91 bits per heavy atom.